The zero-order valence-corrected chi connectivity index (χ0v) is 11.7. The van der Waals surface area contributed by atoms with Crippen LogP contribution in [-0.4, -0.2) is 11.1 Å². The van der Waals surface area contributed by atoms with Crippen LogP contribution in [0.4, 0.5) is 8.78 Å². The van der Waals surface area contributed by atoms with Gasteiger partial charge in [-0.25, -0.2) is 13.6 Å². The van der Waals surface area contributed by atoms with Crippen LogP contribution < -0.4 is 4.74 Å². The van der Waals surface area contributed by atoms with Crippen molar-refractivity contribution >= 4 is 21.9 Å². The monoisotopic (exact) mass is 342 g/mol. The van der Waals surface area contributed by atoms with E-state index in [0.717, 1.165) is 6.07 Å². The third-order valence-electron chi connectivity index (χ3n) is 2.59. The number of hydrogen-bond donors (Lipinski definition) is 1. The third kappa shape index (κ3) is 3.14. The van der Waals surface area contributed by atoms with Gasteiger partial charge in [0, 0.05) is 10.0 Å². The zero-order chi connectivity index (χ0) is 14.7. The largest absolute Gasteiger partial charge is 0.488 e. The SMILES string of the molecule is O=C(O)c1c(F)cccc1OCc1ccc(F)cc1Br. The second-order valence-corrected chi connectivity index (χ2v) is 4.80. The van der Waals surface area contributed by atoms with E-state index in [4.69, 9.17) is 9.84 Å². The van der Waals surface area contributed by atoms with Crippen LogP contribution in [0.3, 0.4) is 0 Å². The Hall–Kier alpha value is -1.95. The van der Waals surface area contributed by atoms with E-state index in [0.29, 0.717) is 10.0 Å². The van der Waals surface area contributed by atoms with Crippen LogP contribution in [0.15, 0.2) is 40.9 Å². The predicted molar refractivity (Wildman–Crippen MR) is 71.8 cm³/mol. The minimum atomic E-state index is -1.41. The van der Waals surface area contributed by atoms with Gasteiger partial charge in [0.2, 0.25) is 0 Å². The zero-order valence-electron chi connectivity index (χ0n) is 10.1. The van der Waals surface area contributed by atoms with Crippen LogP contribution in [0.2, 0.25) is 0 Å². The Labute approximate surface area is 121 Å². The molecule has 0 aliphatic rings. The molecule has 0 heterocycles. The maximum atomic E-state index is 13.4. The van der Waals surface area contributed by atoms with Crippen LogP contribution in [0.1, 0.15) is 15.9 Å². The van der Waals surface area contributed by atoms with E-state index in [9.17, 15) is 13.6 Å². The molecule has 2 rings (SSSR count). The summed E-state index contributed by atoms with van der Waals surface area (Å²) >= 11 is 3.17. The molecule has 0 saturated carbocycles. The first-order valence-electron chi connectivity index (χ1n) is 5.57. The van der Waals surface area contributed by atoms with E-state index in [1.165, 1.54) is 30.3 Å². The van der Waals surface area contributed by atoms with Gasteiger partial charge in [-0.1, -0.05) is 28.1 Å². The molecule has 2 aromatic rings. The Balaban J connectivity index is 2.23. The molecule has 0 aliphatic carbocycles. The highest BCUT2D eigenvalue weighted by atomic mass is 79.9. The topological polar surface area (TPSA) is 46.5 Å². The van der Waals surface area contributed by atoms with Gasteiger partial charge in [0.25, 0.3) is 0 Å². The van der Waals surface area contributed by atoms with Gasteiger partial charge in [0.15, 0.2) is 0 Å². The van der Waals surface area contributed by atoms with Gasteiger partial charge in [-0.05, 0) is 24.3 Å². The van der Waals surface area contributed by atoms with Crippen molar-refractivity contribution in [1.29, 1.82) is 0 Å². The van der Waals surface area contributed by atoms with Crippen molar-refractivity contribution < 1.29 is 23.4 Å². The minimum Gasteiger partial charge on any atom is -0.488 e. The van der Waals surface area contributed by atoms with E-state index < -0.39 is 23.2 Å². The number of benzene rings is 2. The van der Waals surface area contributed by atoms with Crippen molar-refractivity contribution in [1.82, 2.24) is 0 Å². The first kappa shape index (κ1) is 14.5. The lowest BCUT2D eigenvalue weighted by molar-refractivity contribution is 0.0686. The fourth-order valence-electron chi connectivity index (χ4n) is 1.63. The second-order valence-electron chi connectivity index (χ2n) is 3.94. The molecule has 3 nitrogen and oxygen atoms in total. The van der Waals surface area contributed by atoms with Crippen molar-refractivity contribution in [2.24, 2.45) is 0 Å². The van der Waals surface area contributed by atoms with Gasteiger partial charge in [0.1, 0.15) is 29.6 Å². The van der Waals surface area contributed by atoms with Gasteiger partial charge < -0.3 is 9.84 Å². The smallest absolute Gasteiger partial charge is 0.342 e. The van der Waals surface area contributed by atoms with Crippen LogP contribution in [0, 0.1) is 11.6 Å². The maximum Gasteiger partial charge on any atom is 0.342 e. The maximum absolute atomic E-state index is 13.4. The number of rotatable bonds is 4. The summed E-state index contributed by atoms with van der Waals surface area (Å²) in [5.74, 6) is -2.75. The summed E-state index contributed by atoms with van der Waals surface area (Å²) in [6.45, 7) is -0.00933. The van der Waals surface area contributed by atoms with E-state index in [1.54, 1.807) is 0 Å². The van der Waals surface area contributed by atoms with Crippen LogP contribution >= 0.6 is 15.9 Å². The molecule has 1 N–H and O–H groups in total. The molecule has 6 heteroatoms. The second kappa shape index (κ2) is 6.00. The van der Waals surface area contributed by atoms with Gasteiger partial charge in [0.05, 0.1) is 0 Å². The van der Waals surface area contributed by atoms with E-state index in [-0.39, 0.29) is 12.4 Å². The lowest BCUT2D eigenvalue weighted by atomic mass is 10.2. The van der Waals surface area contributed by atoms with Crippen molar-refractivity contribution in [2.75, 3.05) is 0 Å². The molecule has 20 heavy (non-hydrogen) atoms. The molecular weight excluding hydrogens is 334 g/mol. The molecule has 0 radical (unpaired) electrons. The van der Waals surface area contributed by atoms with E-state index in [2.05, 4.69) is 15.9 Å². The standard InChI is InChI=1S/C14H9BrF2O3/c15-10-6-9(16)5-4-8(10)7-20-12-3-1-2-11(17)13(12)14(18)19/h1-6H,7H2,(H,18,19). The normalized spacial score (nSPS) is 10.3. The lowest BCUT2D eigenvalue weighted by Gasteiger charge is -2.10. The van der Waals surface area contributed by atoms with E-state index >= 15 is 0 Å². The molecule has 0 atom stereocenters. The molecule has 104 valence electrons. The summed E-state index contributed by atoms with van der Waals surface area (Å²) in [5.41, 5.74) is 0.0951. The van der Waals surface area contributed by atoms with Gasteiger partial charge in [-0.3, -0.25) is 0 Å². The number of hydrogen-bond acceptors (Lipinski definition) is 2. The first-order valence-corrected chi connectivity index (χ1v) is 6.37. The van der Waals surface area contributed by atoms with Gasteiger partial charge in [-0.15, -0.1) is 0 Å². The number of carbonyl (C=O) groups is 1. The Morgan fingerprint density at radius 3 is 2.65 bits per heavy atom. The molecule has 0 bridgehead atoms. The van der Waals surface area contributed by atoms with Crippen LogP contribution in [0.5, 0.6) is 5.75 Å². The van der Waals surface area contributed by atoms with Crippen molar-refractivity contribution in [3.05, 3.63) is 63.6 Å². The Morgan fingerprint density at radius 2 is 2.00 bits per heavy atom. The summed E-state index contributed by atoms with van der Waals surface area (Å²) in [6.07, 6.45) is 0. The molecule has 0 amide bonds. The molecule has 0 unspecified atom stereocenters. The summed E-state index contributed by atoms with van der Waals surface area (Å²) in [5, 5.41) is 8.96. The van der Waals surface area contributed by atoms with E-state index in [1.807, 2.05) is 0 Å². The molecule has 2 aromatic carbocycles. The van der Waals surface area contributed by atoms with Crippen LogP contribution in [0.25, 0.3) is 0 Å². The summed E-state index contributed by atoms with van der Waals surface area (Å²) in [6, 6.07) is 7.79. The van der Waals surface area contributed by atoms with Gasteiger partial charge >= 0.3 is 5.97 Å². The summed E-state index contributed by atoms with van der Waals surface area (Å²) in [7, 11) is 0. The molecule has 0 aromatic heterocycles. The average molecular weight is 343 g/mol. The van der Waals surface area contributed by atoms with Crippen molar-refractivity contribution in [3.63, 3.8) is 0 Å². The highest BCUT2D eigenvalue weighted by Crippen LogP contribution is 2.24. The molecule has 0 saturated heterocycles. The minimum absolute atomic E-state index is 0.00933. The molecule has 0 fully saturated rings. The fourth-order valence-corrected chi connectivity index (χ4v) is 2.09. The van der Waals surface area contributed by atoms with Crippen LogP contribution in [-0.2, 0) is 6.61 Å². The third-order valence-corrected chi connectivity index (χ3v) is 3.33. The Kier molecular flexibility index (Phi) is 4.34. The number of carboxylic acid groups (broad SMARTS) is 1. The van der Waals surface area contributed by atoms with Gasteiger partial charge in [-0.2, -0.15) is 0 Å². The predicted octanol–water partition coefficient (Wildman–Crippen LogP) is 4.00. The lowest BCUT2D eigenvalue weighted by Crippen LogP contribution is -2.06. The summed E-state index contributed by atoms with van der Waals surface area (Å²) in [4.78, 5) is 11.0. The first-order chi connectivity index (χ1) is 9.49. The highest BCUT2D eigenvalue weighted by molar-refractivity contribution is 9.10. The number of aromatic carboxylic acids is 1. The molecule has 0 aliphatic heterocycles. The Morgan fingerprint density at radius 1 is 1.25 bits per heavy atom. The summed E-state index contributed by atoms with van der Waals surface area (Å²) < 4.78 is 32.2. The fraction of sp³-hybridized carbons (Fsp3) is 0.0714. The molecular formula is C14H9BrF2O3. The average Bonchev–Trinajstić information content (AvgIpc) is 2.37. The Bertz CT molecular complexity index is 659. The van der Waals surface area contributed by atoms with Crippen molar-refractivity contribution in [2.45, 2.75) is 6.61 Å². The number of carboxylic acids is 1. The highest BCUT2D eigenvalue weighted by Gasteiger charge is 2.17. The number of halogens is 3. The number of ether oxygens (including phenoxy) is 1. The molecule has 0 spiro atoms. The van der Waals surface area contributed by atoms with Crippen molar-refractivity contribution in [3.8, 4) is 5.75 Å². The quantitative estimate of drug-likeness (QED) is 0.913.